The highest BCUT2D eigenvalue weighted by molar-refractivity contribution is 5.82. The van der Waals surface area contributed by atoms with Crippen molar-refractivity contribution in [2.24, 2.45) is 11.7 Å². The Morgan fingerprint density at radius 3 is 2.48 bits per heavy atom. The number of carbonyl (C=O) groups excluding carboxylic acids is 1. The fourth-order valence-electron chi connectivity index (χ4n) is 3.74. The van der Waals surface area contributed by atoms with Crippen LogP contribution in [0.2, 0.25) is 0 Å². The fraction of sp³-hybridized carbons (Fsp3) is 0.421. The number of carbonyl (C=O) groups is 1. The molecule has 2 heterocycles. The molecule has 1 aromatic heterocycles. The van der Waals surface area contributed by atoms with Gasteiger partial charge in [-0.3, -0.25) is 9.78 Å². The van der Waals surface area contributed by atoms with Gasteiger partial charge in [0.2, 0.25) is 5.91 Å². The second-order valence-corrected chi connectivity index (χ2v) is 6.90. The van der Waals surface area contributed by atoms with E-state index >= 15 is 0 Å². The number of nitrogens with two attached hydrogens (primary N) is 1. The molecule has 2 N–H and O–H groups in total. The molecule has 0 aliphatic carbocycles. The molecule has 0 saturated carbocycles. The van der Waals surface area contributed by atoms with Crippen LogP contribution in [0.4, 0.5) is 19.0 Å². The van der Waals surface area contributed by atoms with E-state index in [0.717, 1.165) is 18.0 Å². The SMILES string of the molecule is Cc1cc(C(C(N)=O)C2CCN(c3cnccn3)CC2)cc(C(F)(F)F)c1. The number of amides is 1. The zero-order valence-electron chi connectivity index (χ0n) is 14.9. The highest BCUT2D eigenvalue weighted by Gasteiger charge is 2.35. The van der Waals surface area contributed by atoms with Crippen molar-refractivity contribution >= 4 is 11.7 Å². The Morgan fingerprint density at radius 1 is 1.22 bits per heavy atom. The second-order valence-electron chi connectivity index (χ2n) is 6.90. The van der Waals surface area contributed by atoms with Gasteiger partial charge in [-0.1, -0.05) is 11.6 Å². The molecular weight excluding hydrogens is 357 g/mol. The van der Waals surface area contributed by atoms with Gasteiger partial charge in [0.05, 0.1) is 17.7 Å². The van der Waals surface area contributed by atoms with Gasteiger partial charge in [0.1, 0.15) is 5.82 Å². The summed E-state index contributed by atoms with van der Waals surface area (Å²) in [6, 6.07) is 3.76. The molecule has 1 fully saturated rings. The van der Waals surface area contributed by atoms with Crippen molar-refractivity contribution in [2.45, 2.75) is 31.9 Å². The van der Waals surface area contributed by atoms with E-state index in [-0.39, 0.29) is 5.92 Å². The smallest absolute Gasteiger partial charge is 0.369 e. The molecule has 0 bridgehead atoms. The maximum Gasteiger partial charge on any atom is 0.416 e. The maximum atomic E-state index is 13.2. The summed E-state index contributed by atoms with van der Waals surface area (Å²) >= 11 is 0. The predicted molar refractivity (Wildman–Crippen MR) is 95.1 cm³/mol. The molecule has 1 atom stereocenters. The molecule has 1 aromatic carbocycles. The average Bonchev–Trinajstić information content (AvgIpc) is 2.62. The summed E-state index contributed by atoms with van der Waals surface area (Å²) in [5.41, 5.74) is 5.65. The zero-order chi connectivity index (χ0) is 19.6. The molecule has 1 saturated heterocycles. The van der Waals surface area contributed by atoms with Gasteiger partial charge < -0.3 is 10.6 Å². The van der Waals surface area contributed by atoms with Gasteiger partial charge in [-0.05, 0) is 43.4 Å². The molecule has 1 amide bonds. The van der Waals surface area contributed by atoms with Crippen LogP contribution >= 0.6 is 0 Å². The summed E-state index contributed by atoms with van der Waals surface area (Å²) in [5, 5.41) is 0. The first-order valence-corrected chi connectivity index (χ1v) is 8.75. The van der Waals surface area contributed by atoms with Crippen molar-refractivity contribution in [3.8, 4) is 0 Å². The molecule has 5 nitrogen and oxygen atoms in total. The van der Waals surface area contributed by atoms with E-state index in [0.29, 0.717) is 37.1 Å². The molecule has 2 aromatic rings. The van der Waals surface area contributed by atoms with Crippen molar-refractivity contribution < 1.29 is 18.0 Å². The Balaban J connectivity index is 1.82. The number of rotatable bonds is 4. The lowest BCUT2D eigenvalue weighted by Crippen LogP contribution is -2.39. The quantitative estimate of drug-likeness (QED) is 0.886. The molecule has 0 radical (unpaired) electrons. The largest absolute Gasteiger partial charge is 0.416 e. The van der Waals surface area contributed by atoms with E-state index in [1.54, 1.807) is 31.6 Å². The van der Waals surface area contributed by atoms with E-state index in [1.165, 1.54) is 0 Å². The molecule has 8 heteroatoms. The van der Waals surface area contributed by atoms with E-state index in [2.05, 4.69) is 14.9 Å². The van der Waals surface area contributed by atoms with Crippen LogP contribution in [0.3, 0.4) is 0 Å². The van der Waals surface area contributed by atoms with Gasteiger partial charge in [-0.15, -0.1) is 0 Å². The van der Waals surface area contributed by atoms with Crippen molar-refractivity contribution in [3.63, 3.8) is 0 Å². The number of nitrogens with zero attached hydrogens (tertiary/aromatic N) is 3. The average molecular weight is 378 g/mol. The van der Waals surface area contributed by atoms with Crippen LogP contribution in [0.5, 0.6) is 0 Å². The van der Waals surface area contributed by atoms with Gasteiger partial charge in [-0.2, -0.15) is 13.2 Å². The third-order valence-corrected chi connectivity index (χ3v) is 4.98. The number of primary amides is 1. The predicted octanol–water partition coefficient (Wildman–Crippen LogP) is 3.29. The number of hydrogen-bond acceptors (Lipinski definition) is 4. The first-order valence-electron chi connectivity index (χ1n) is 8.75. The lowest BCUT2D eigenvalue weighted by atomic mass is 9.78. The molecular formula is C19H21F3N4O. The molecule has 144 valence electrons. The van der Waals surface area contributed by atoms with Crippen LogP contribution in [0.1, 0.15) is 35.4 Å². The lowest BCUT2D eigenvalue weighted by Gasteiger charge is -2.35. The lowest BCUT2D eigenvalue weighted by molar-refractivity contribution is -0.137. The molecule has 1 aliphatic heterocycles. The van der Waals surface area contributed by atoms with Crippen LogP contribution in [0.15, 0.2) is 36.8 Å². The first kappa shape index (κ1) is 19.1. The van der Waals surface area contributed by atoms with E-state index in [1.807, 2.05) is 0 Å². The summed E-state index contributed by atoms with van der Waals surface area (Å²) < 4.78 is 39.5. The van der Waals surface area contributed by atoms with Crippen LogP contribution in [0, 0.1) is 12.8 Å². The normalized spacial score (nSPS) is 17.0. The zero-order valence-corrected chi connectivity index (χ0v) is 14.9. The third-order valence-electron chi connectivity index (χ3n) is 4.98. The number of aryl methyl sites for hydroxylation is 1. The van der Waals surface area contributed by atoms with E-state index < -0.39 is 23.6 Å². The third kappa shape index (κ3) is 4.37. The summed E-state index contributed by atoms with van der Waals surface area (Å²) in [6.45, 7) is 2.88. The van der Waals surface area contributed by atoms with Crippen LogP contribution in [-0.2, 0) is 11.0 Å². The van der Waals surface area contributed by atoms with Gasteiger partial charge in [0.15, 0.2) is 0 Å². The Kier molecular flexibility index (Phi) is 5.34. The van der Waals surface area contributed by atoms with Crippen molar-refractivity contribution in [2.75, 3.05) is 18.0 Å². The summed E-state index contributed by atoms with van der Waals surface area (Å²) in [5.74, 6) is -0.693. The van der Waals surface area contributed by atoms with Crippen molar-refractivity contribution in [1.29, 1.82) is 0 Å². The van der Waals surface area contributed by atoms with Gasteiger partial charge in [0, 0.05) is 25.5 Å². The number of halogens is 3. The minimum atomic E-state index is -4.46. The van der Waals surface area contributed by atoms with Crippen LogP contribution in [0.25, 0.3) is 0 Å². The van der Waals surface area contributed by atoms with Gasteiger partial charge in [-0.25, -0.2) is 4.98 Å². The van der Waals surface area contributed by atoms with Crippen LogP contribution in [-0.4, -0.2) is 29.0 Å². The summed E-state index contributed by atoms with van der Waals surface area (Å²) in [4.78, 5) is 22.5. The topological polar surface area (TPSA) is 72.1 Å². The standard InChI is InChI=1S/C19H21F3N4O/c1-12-8-14(10-15(9-12)19(20,21)22)17(18(23)27)13-2-6-26(7-3-13)16-11-24-4-5-25-16/h4-5,8-11,13,17H,2-3,6-7H2,1H3,(H2,23,27). The maximum absolute atomic E-state index is 13.2. The Labute approximate surface area is 155 Å². The Hall–Kier alpha value is -2.64. The highest BCUT2D eigenvalue weighted by Crippen LogP contribution is 2.37. The fourth-order valence-corrected chi connectivity index (χ4v) is 3.74. The highest BCUT2D eigenvalue weighted by atomic mass is 19.4. The molecule has 0 spiro atoms. The number of hydrogen-bond donors (Lipinski definition) is 1. The summed E-state index contributed by atoms with van der Waals surface area (Å²) in [6.07, 6.45) is 1.69. The van der Waals surface area contributed by atoms with Gasteiger partial charge in [0.25, 0.3) is 0 Å². The number of piperidine rings is 1. The molecule has 1 unspecified atom stereocenters. The van der Waals surface area contributed by atoms with E-state index in [9.17, 15) is 18.0 Å². The molecule has 27 heavy (non-hydrogen) atoms. The minimum absolute atomic E-state index is 0.113. The monoisotopic (exact) mass is 378 g/mol. The first-order chi connectivity index (χ1) is 12.8. The Morgan fingerprint density at radius 2 is 1.93 bits per heavy atom. The van der Waals surface area contributed by atoms with Crippen LogP contribution < -0.4 is 10.6 Å². The van der Waals surface area contributed by atoms with Gasteiger partial charge >= 0.3 is 6.18 Å². The number of anilines is 1. The molecule has 3 rings (SSSR count). The van der Waals surface area contributed by atoms with E-state index in [4.69, 9.17) is 5.73 Å². The number of alkyl halides is 3. The Bertz CT molecular complexity index is 802. The second kappa shape index (κ2) is 7.54. The minimum Gasteiger partial charge on any atom is -0.369 e. The number of benzene rings is 1. The number of aromatic nitrogens is 2. The molecule has 1 aliphatic rings. The van der Waals surface area contributed by atoms with Crippen molar-refractivity contribution in [1.82, 2.24) is 9.97 Å². The van der Waals surface area contributed by atoms with Crippen molar-refractivity contribution in [3.05, 3.63) is 53.5 Å². The summed E-state index contributed by atoms with van der Waals surface area (Å²) in [7, 11) is 0.